The summed E-state index contributed by atoms with van der Waals surface area (Å²) in [5.74, 6) is 0. The van der Waals surface area contributed by atoms with E-state index in [1.807, 2.05) is 0 Å². The molecule has 0 saturated carbocycles. The van der Waals surface area contributed by atoms with Crippen molar-refractivity contribution in [3.63, 3.8) is 0 Å². The molecular weight excluding hydrogens is 166 g/mol. The second kappa shape index (κ2) is 5.70. The van der Waals surface area contributed by atoms with E-state index in [1.165, 1.54) is 6.33 Å². The molecule has 4 heteroatoms. The van der Waals surface area contributed by atoms with E-state index < -0.39 is 0 Å². The zero-order chi connectivity index (χ0) is 9.52. The van der Waals surface area contributed by atoms with Gasteiger partial charge in [-0.2, -0.15) is 5.10 Å². The molecule has 1 atom stereocenters. The van der Waals surface area contributed by atoms with Crippen LogP contribution in [0.3, 0.4) is 0 Å². The SMILES string of the molecule is CCCCC(O)CCn1cncn1. The Kier molecular flexibility index (Phi) is 4.46. The van der Waals surface area contributed by atoms with Crippen LogP contribution in [0.15, 0.2) is 12.7 Å². The van der Waals surface area contributed by atoms with Gasteiger partial charge in [-0.1, -0.05) is 19.8 Å². The van der Waals surface area contributed by atoms with Crippen molar-refractivity contribution >= 4 is 0 Å². The van der Waals surface area contributed by atoms with Gasteiger partial charge in [-0.25, -0.2) is 4.98 Å². The summed E-state index contributed by atoms with van der Waals surface area (Å²) < 4.78 is 1.75. The average Bonchev–Trinajstić information content (AvgIpc) is 2.64. The summed E-state index contributed by atoms with van der Waals surface area (Å²) in [6, 6.07) is 0. The normalized spacial score (nSPS) is 13.1. The Morgan fingerprint density at radius 1 is 1.46 bits per heavy atom. The summed E-state index contributed by atoms with van der Waals surface area (Å²) in [6.07, 6.45) is 6.89. The molecule has 0 aromatic carbocycles. The molecule has 0 radical (unpaired) electrons. The van der Waals surface area contributed by atoms with Crippen LogP contribution in [0.4, 0.5) is 0 Å². The zero-order valence-corrected chi connectivity index (χ0v) is 8.06. The van der Waals surface area contributed by atoms with Crippen LogP contribution in [0.25, 0.3) is 0 Å². The fraction of sp³-hybridized carbons (Fsp3) is 0.778. The van der Waals surface area contributed by atoms with E-state index in [2.05, 4.69) is 17.0 Å². The van der Waals surface area contributed by atoms with Crippen molar-refractivity contribution in [2.24, 2.45) is 0 Å². The van der Waals surface area contributed by atoms with Crippen LogP contribution in [-0.2, 0) is 6.54 Å². The van der Waals surface area contributed by atoms with Crippen LogP contribution in [0, 0.1) is 0 Å². The molecule has 74 valence electrons. The maximum Gasteiger partial charge on any atom is 0.137 e. The third kappa shape index (κ3) is 4.03. The van der Waals surface area contributed by atoms with Crippen molar-refractivity contribution < 1.29 is 5.11 Å². The second-order valence-corrected chi connectivity index (χ2v) is 3.24. The Bertz CT molecular complexity index is 211. The monoisotopic (exact) mass is 183 g/mol. The summed E-state index contributed by atoms with van der Waals surface area (Å²) in [5.41, 5.74) is 0. The van der Waals surface area contributed by atoms with E-state index in [1.54, 1.807) is 11.0 Å². The van der Waals surface area contributed by atoms with E-state index in [4.69, 9.17) is 0 Å². The first-order valence-corrected chi connectivity index (χ1v) is 4.83. The molecule has 0 spiro atoms. The summed E-state index contributed by atoms with van der Waals surface area (Å²) in [7, 11) is 0. The average molecular weight is 183 g/mol. The number of hydrogen-bond acceptors (Lipinski definition) is 3. The van der Waals surface area contributed by atoms with Gasteiger partial charge in [0.2, 0.25) is 0 Å². The fourth-order valence-corrected chi connectivity index (χ4v) is 1.21. The number of aliphatic hydroxyl groups is 1. The molecule has 4 nitrogen and oxygen atoms in total. The molecule has 0 aliphatic rings. The van der Waals surface area contributed by atoms with Crippen LogP contribution < -0.4 is 0 Å². The zero-order valence-electron chi connectivity index (χ0n) is 8.06. The molecule has 0 bridgehead atoms. The highest BCUT2D eigenvalue weighted by molar-refractivity contribution is 4.60. The van der Waals surface area contributed by atoms with Crippen molar-refractivity contribution in [2.75, 3.05) is 0 Å². The molecule has 0 aliphatic carbocycles. The lowest BCUT2D eigenvalue weighted by Crippen LogP contribution is -2.11. The highest BCUT2D eigenvalue weighted by Crippen LogP contribution is 2.04. The van der Waals surface area contributed by atoms with Gasteiger partial charge in [0.1, 0.15) is 12.7 Å². The number of aromatic nitrogens is 3. The predicted octanol–water partition coefficient (Wildman–Crippen LogP) is 1.22. The van der Waals surface area contributed by atoms with Gasteiger partial charge in [-0.3, -0.25) is 4.68 Å². The third-order valence-corrected chi connectivity index (χ3v) is 2.05. The number of nitrogens with zero attached hydrogens (tertiary/aromatic N) is 3. The number of rotatable bonds is 6. The second-order valence-electron chi connectivity index (χ2n) is 3.24. The summed E-state index contributed by atoms with van der Waals surface area (Å²) in [6.45, 7) is 2.88. The Hall–Kier alpha value is -0.900. The highest BCUT2D eigenvalue weighted by atomic mass is 16.3. The number of aryl methyl sites for hydroxylation is 1. The number of aliphatic hydroxyl groups excluding tert-OH is 1. The van der Waals surface area contributed by atoms with Gasteiger partial charge in [-0.05, 0) is 12.8 Å². The molecule has 1 unspecified atom stereocenters. The van der Waals surface area contributed by atoms with Crippen molar-refractivity contribution in [3.05, 3.63) is 12.7 Å². The lowest BCUT2D eigenvalue weighted by atomic mass is 10.1. The van der Waals surface area contributed by atoms with E-state index in [0.29, 0.717) is 0 Å². The molecular formula is C9H17N3O. The van der Waals surface area contributed by atoms with Crippen LogP contribution in [-0.4, -0.2) is 26.0 Å². The van der Waals surface area contributed by atoms with E-state index in [0.717, 1.165) is 32.2 Å². The minimum absolute atomic E-state index is 0.191. The van der Waals surface area contributed by atoms with Gasteiger partial charge in [-0.15, -0.1) is 0 Å². The first-order valence-electron chi connectivity index (χ1n) is 4.83. The van der Waals surface area contributed by atoms with Gasteiger partial charge in [0.05, 0.1) is 6.10 Å². The molecule has 1 rings (SSSR count). The first kappa shape index (κ1) is 10.2. The lowest BCUT2D eigenvalue weighted by Gasteiger charge is -2.08. The van der Waals surface area contributed by atoms with Gasteiger partial charge < -0.3 is 5.11 Å². The van der Waals surface area contributed by atoms with Crippen molar-refractivity contribution in [3.8, 4) is 0 Å². The molecule has 0 fully saturated rings. The molecule has 1 aromatic rings. The van der Waals surface area contributed by atoms with E-state index >= 15 is 0 Å². The maximum atomic E-state index is 9.52. The topological polar surface area (TPSA) is 50.9 Å². The standard InChI is InChI=1S/C9H17N3O/c1-2-3-4-9(13)5-6-12-8-10-7-11-12/h7-9,13H,2-6H2,1H3. The molecule has 0 amide bonds. The van der Waals surface area contributed by atoms with Gasteiger partial charge >= 0.3 is 0 Å². The molecule has 13 heavy (non-hydrogen) atoms. The van der Waals surface area contributed by atoms with E-state index in [-0.39, 0.29) is 6.10 Å². The van der Waals surface area contributed by atoms with Gasteiger partial charge in [0, 0.05) is 6.54 Å². The summed E-state index contributed by atoms with van der Waals surface area (Å²) >= 11 is 0. The summed E-state index contributed by atoms with van der Waals surface area (Å²) in [5, 5.41) is 13.5. The van der Waals surface area contributed by atoms with Crippen LogP contribution in [0.5, 0.6) is 0 Å². The maximum absolute atomic E-state index is 9.52. The first-order chi connectivity index (χ1) is 6.33. The summed E-state index contributed by atoms with van der Waals surface area (Å²) in [4.78, 5) is 3.83. The predicted molar refractivity (Wildman–Crippen MR) is 50.2 cm³/mol. The Morgan fingerprint density at radius 2 is 2.31 bits per heavy atom. The van der Waals surface area contributed by atoms with Crippen LogP contribution >= 0.6 is 0 Å². The molecule has 1 aromatic heterocycles. The minimum Gasteiger partial charge on any atom is -0.393 e. The number of hydrogen-bond donors (Lipinski definition) is 1. The Balaban J connectivity index is 2.11. The molecule has 0 aliphatic heterocycles. The minimum atomic E-state index is -0.191. The molecule has 1 heterocycles. The largest absolute Gasteiger partial charge is 0.393 e. The number of unbranched alkanes of at least 4 members (excludes halogenated alkanes) is 1. The smallest absolute Gasteiger partial charge is 0.137 e. The lowest BCUT2D eigenvalue weighted by molar-refractivity contribution is 0.144. The van der Waals surface area contributed by atoms with Gasteiger partial charge in [0.25, 0.3) is 0 Å². The van der Waals surface area contributed by atoms with Crippen molar-refractivity contribution in [2.45, 2.75) is 45.3 Å². The van der Waals surface area contributed by atoms with Crippen molar-refractivity contribution in [1.29, 1.82) is 0 Å². The van der Waals surface area contributed by atoms with Crippen molar-refractivity contribution in [1.82, 2.24) is 14.8 Å². The molecule has 1 N–H and O–H groups in total. The fourth-order valence-electron chi connectivity index (χ4n) is 1.21. The Labute approximate surface area is 78.6 Å². The Morgan fingerprint density at radius 3 is 2.92 bits per heavy atom. The van der Waals surface area contributed by atoms with E-state index in [9.17, 15) is 5.11 Å². The van der Waals surface area contributed by atoms with Crippen LogP contribution in [0.2, 0.25) is 0 Å². The highest BCUT2D eigenvalue weighted by Gasteiger charge is 2.03. The quantitative estimate of drug-likeness (QED) is 0.721. The van der Waals surface area contributed by atoms with Crippen LogP contribution in [0.1, 0.15) is 32.6 Å². The molecule has 0 saturated heterocycles. The van der Waals surface area contributed by atoms with Gasteiger partial charge in [0.15, 0.2) is 0 Å². The third-order valence-electron chi connectivity index (χ3n) is 2.05.